The predicted molar refractivity (Wildman–Crippen MR) is 119 cm³/mol. The summed E-state index contributed by atoms with van der Waals surface area (Å²) in [5.74, 6) is -3.09. The van der Waals surface area contributed by atoms with Crippen LogP contribution >= 0.6 is 0 Å². The molecule has 0 aromatic carbocycles. The van der Waals surface area contributed by atoms with Crippen LogP contribution in [-0.2, 0) is 14.4 Å². The number of allylic oxidation sites excluding steroid dienone is 2. The lowest BCUT2D eigenvalue weighted by molar-refractivity contribution is -0.927. The molecule has 0 heterocycles. The number of aliphatic carboxylic acids is 3. The third-order valence-corrected chi connectivity index (χ3v) is 5.78. The molecule has 0 atom stereocenters. The zero-order valence-corrected chi connectivity index (χ0v) is 19.4. The minimum Gasteiger partial charge on any atom is -0.550 e. The molecule has 0 aliphatic heterocycles. The van der Waals surface area contributed by atoms with Crippen LogP contribution in [0.4, 0.5) is 0 Å². The highest BCUT2D eigenvalue weighted by Crippen LogP contribution is 2.16. The first-order valence-corrected chi connectivity index (χ1v) is 11.9. The van der Waals surface area contributed by atoms with Crippen LogP contribution in [0, 0.1) is 0 Å². The van der Waals surface area contributed by atoms with Crippen LogP contribution in [0.15, 0.2) is 12.2 Å². The molecule has 0 aromatic rings. The molecule has 0 saturated heterocycles. The number of carboxylic acids is 3. The van der Waals surface area contributed by atoms with E-state index < -0.39 is 17.9 Å². The van der Waals surface area contributed by atoms with E-state index in [1.807, 2.05) is 0 Å². The second-order valence-corrected chi connectivity index (χ2v) is 8.52. The Bertz CT molecular complexity index is 487. The fourth-order valence-electron chi connectivity index (χ4n) is 3.83. The van der Waals surface area contributed by atoms with Crippen molar-refractivity contribution in [3.8, 4) is 0 Å². The summed E-state index contributed by atoms with van der Waals surface area (Å²) in [7, 11) is 0. The molecule has 31 heavy (non-hydrogen) atoms. The van der Waals surface area contributed by atoms with Crippen molar-refractivity contribution in [2.75, 3.05) is 26.2 Å². The van der Waals surface area contributed by atoms with Gasteiger partial charge in [0.2, 0.25) is 0 Å². The summed E-state index contributed by atoms with van der Waals surface area (Å²) in [4.78, 5) is 33.1. The summed E-state index contributed by atoms with van der Waals surface area (Å²) in [6, 6.07) is 0. The van der Waals surface area contributed by atoms with E-state index in [0.29, 0.717) is 6.54 Å². The standard InChI is InChI=1S/C24H43NO6/c1-2-3-4-5-6-7-8-9-10-11-12-13-14-18-25(19-15-22(26)27,20-16-23(28)29)21-17-24(30)31/h6-7H,2-5,8-21H2,1H3,(H2-,26,27,28,29,30,31)/b7-6+. The van der Waals surface area contributed by atoms with Crippen LogP contribution in [-0.4, -0.2) is 58.8 Å². The number of quaternary nitrogens is 1. The Hall–Kier alpha value is -1.89. The van der Waals surface area contributed by atoms with Gasteiger partial charge in [0.1, 0.15) is 0 Å². The summed E-state index contributed by atoms with van der Waals surface area (Å²) >= 11 is 0. The van der Waals surface area contributed by atoms with Gasteiger partial charge in [-0.05, 0) is 38.5 Å². The van der Waals surface area contributed by atoms with Crippen LogP contribution in [0.1, 0.15) is 96.8 Å². The summed E-state index contributed by atoms with van der Waals surface area (Å²) in [6.45, 7) is 3.53. The maximum atomic E-state index is 11.1. The maximum Gasteiger partial charge on any atom is 0.309 e. The van der Waals surface area contributed by atoms with Crippen LogP contribution in [0.2, 0.25) is 0 Å². The molecular weight excluding hydrogens is 398 g/mol. The van der Waals surface area contributed by atoms with Crippen molar-refractivity contribution < 1.29 is 34.2 Å². The summed E-state index contributed by atoms with van der Waals surface area (Å²) in [5.41, 5.74) is 0. The molecule has 2 N–H and O–H groups in total. The van der Waals surface area contributed by atoms with Gasteiger partial charge in [-0.3, -0.25) is 9.59 Å². The Labute approximate surface area is 187 Å². The largest absolute Gasteiger partial charge is 0.550 e. The van der Waals surface area contributed by atoms with E-state index in [0.717, 1.165) is 32.1 Å². The number of hydrogen-bond donors (Lipinski definition) is 2. The number of hydrogen-bond acceptors (Lipinski definition) is 4. The van der Waals surface area contributed by atoms with Gasteiger partial charge in [-0.2, -0.15) is 0 Å². The second kappa shape index (κ2) is 18.8. The molecule has 0 fully saturated rings. The fraction of sp³-hybridized carbons (Fsp3) is 0.792. The Kier molecular flexibility index (Phi) is 17.7. The lowest BCUT2D eigenvalue weighted by Gasteiger charge is -2.38. The van der Waals surface area contributed by atoms with Crippen molar-refractivity contribution >= 4 is 17.9 Å². The van der Waals surface area contributed by atoms with Crippen molar-refractivity contribution in [2.24, 2.45) is 0 Å². The normalized spacial score (nSPS) is 11.8. The first-order chi connectivity index (χ1) is 14.8. The van der Waals surface area contributed by atoms with Gasteiger partial charge in [-0.1, -0.05) is 51.2 Å². The van der Waals surface area contributed by atoms with Gasteiger partial charge in [0.05, 0.1) is 39.0 Å². The molecule has 0 spiro atoms. The molecular formula is C24H43NO6. The number of carboxylic acid groups (broad SMARTS) is 3. The first-order valence-electron chi connectivity index (χ1n) is 11.9. The van der Waals surface area contributed by atoms with Crippen LogP contribution in [0.25, 0.3) is 0 Å². The van der Waals surface area contributed by atoms with Gasteiger partial charge in [-0.25, -0.2) is 0 Å². The Morgan fingerprint density at radius 1 is 0.677 bits per heavy atom. The topological polar surface area (TPSA) is 115 Å². The predicted octanol–water partition coefficient (Wildman–Crippen LogP) is 3.76. The van der Waals surface area contributed by atoms with Crippen molar-refractivity contribution in [1.29, 1.82) is 0 Å². The number of rotatable bonds is 22. The molecule has 0 radical (unpaired) electrons. The third kappa shape index (κ3) is 18.6. The van der Waals surface area contributed by atoms with E-state index in [-0.39, 0.29) is 43.4 Å². The van der Waals surface area contributed by atoms with E-state index >= 15 is 0 Å². The van der Waals surface area contributed by atoms with Crippen molar-refractivity contribution in [3.05, 3.63) is 12.2 Å². The van der Waals surface area contributed by atoms with E-state index in [9.17, 15) is 19.5 Å². The Morgan fingerprint density at radius 3 is 1.61 bits per heavy atom. The van der Waals surface area contributed by atoms with Gasteiger partial charge in [-0.15, -0.1) is 0 Å². The maximum absolute atomic E-state index is 11.1. The summed E-state index contributed by atoms with van der Waals surface area (Å²) < 4.78 is 0.218. The highest BCUT2D eigenvalue weighted by atomic mass is 16.4. The van der Waals surface area contributed by atoms with Gasteiger partial charge < -0.3 is 24.6 Å². The molecule has 0 aliphatic carbocycles. The van der Waals surface area contributed by atoms with Crippen LogP contribution in [0.5, 0.6) is 0 Å². The average molecular weight is 442 g/mol. The molecule has 7 nitrogen and oxygen atoms in total. The molecule has 0 rings (SSSR count). The molecule has 0 unspecified atom stereocenters. The number of unbranched alkanes of at least 4 members (excludes halogenated alkanes) is 9. The molecule has 7 heteroatoms. The smallest absolute Gasteiger partial charge is 0.309 e. The van der Waals surface area contributed by atoms with Crippen molar-refractivity contribution in [2.45, 2.75) is 96.8 Å². The van der Waals surface area contributed by atoms with E-state index in [2.05, 4.69) is 19.1 Å². The monoisotopic (exact) mass is 441 g/mol. The van der Waals surface area contributed by atoms with Crippen LogP contribution < -0.4 is 5.11 Å². The summed E-state index contributed by atoms with van der Waals surface area (Å²) in [6.07, 6.45) is 16.7. The third-order valence-electron chi connectivity index (χ3n) is 5.78. The molecule has 180 valence electrons. The fourth-order valence-corrected chi connectivity index (χ4v) is 3.83. The van der Waals surface area contributed by atoms with Gasteiger partial charge in [0.15, 0.2) is 0 Å². The molecule has 0 aromatic heterocycles. The quantitative estimate of drug-likeness (QED) is 0.150. The summed E-state index contributed by atoms with van der Waals surface area (Å²) in [5, 5.41) is 29.1. The zero-order chi connectivity index (χ0) is 23.4. The first kappa shape index (κ1) is 29.1. The molecule has 0 bridgehead atoms. The molecule has 0 saturated carbocycles. The Balaban J connectivity index is 4.30. The zero-order valence-electron chi connectivity index (χ0n) is 19.4. The van der Waals surface area contributed by atoms with Gasteiger partial charge in [0.25, 0.3) is 0 Å². The lowest BCUT2D eigenvalue weighted by Crippen LogP contribution is -2.53. The number of carbonyl (C=O) groups excluding carboxylic acids is 1. The lowest BCUT2D eigenvalue weighted by atomic mass is 10.1. The van der Waals surface area contributed by atoms with Crippen molar-refractivity contribution in [1.82, 2.24) is 0 Å². The number of nitrogens with zero attached hydrogens (tertiary/aromatic N) is 1. The molecule has 0 aliphatic rings. The van der Waals surface area contributed by atoms with E-state index in [1.54, 1.807) is 0 Å². The van der Waals surface area contributed by atoms with Gasteiger partial charge >= 0.3 is 11.9 Å². The SMILES string of the molecule is CCCCC/C=C/CCCCCCCC[N+](CCC(=O)[O-])(CCC(=O)O)CCC(=O)O. The van der Waals surface area contributed by atoms with Crippen LogP contribution in [0.3, 0.4) is 0 Å². The average Bonchev–Trinajstić information content (AvgIpc) is 2.72. The minimum atomic E-state index is -1.19. The second-order valence-electron chi connectivity index (χ2n) is 8.52. The molecule has 0 amide bonds. The van der Waals surface area contributed by atoms with E-state index in [4.69, 9.17) is 10.2 Å². The van der Waals surface area contributed by atoms with Gasteiger partial charge in [0, 0.05) is 12.4 Å². The highest BCUT2D eigenvalue weighted by molar-refractivity contribution is 5.67. The highest BCUT2D eigenvalue weighted by Gasteiger charge is 2.28. The minimum absolute atomic E-state index is 0.0986. The van der Waals surface area contributed by atoms with E-state index in [1.165, 1.54) is 38.5 Å². The number of carbonyl (C=O) groups is 3. The Morgan fingerprint density at radius 2 is 1.13 bits per heavy atom. The van der Waals surface area contributed by atoms with Crippen molar-refractivity contribution in [3.63, 3.8) is 0 Å².